The predicted molar refractivity (Wildman–Crippen MR) is 296 cm³/mol. The summed E-state index contributed by atoms with van der Waals surface area (Å²) in [7, 11) is 0. The predicted octanol–water partition coefficient (Wildman–Crippen LogP) is 18.8. The topological polar surface area (TPSA) is 95.9 Å². The third-order valence-electron chi connectivity index (χ3n) is 13.9. The molecule has 2 atom stereocenters. The molecule has 6 heteroatoms. The lowest BCUT2D eigenvalue weighted by molar-refractivity contribution is -0.143. The first kappa shape index (κ1) is 66.1. The normalized spacial score (nSPS) is 12.8. The van der Waals surface area contributed by atoms with Gasteiger partial charge in [0.1, 0.15) is 0 Å². The Morgan fingerprint density at radius 1 is 0.412 bits per heavy atom. The molecule has 0 saturated heterocycles. The second-order valence-corrected chi connectivity index (χ2v) is 20.7. The first-order valence-corrected chi connectivity index (χ1v) is 30.3. The van der Waals surface area contributed by atoms with Crippen LogP contribution in [0.1, 0.15) is 322 Å². The maximum Gasteiger partial charge on any atom is 0.305 e. The summed E-state index contributed by atoms with van der Waals surface area (Å²) in [6.45, 7) is 4.88. The molecule has 0 saturated carbocycles. The molecule has 0 aromatic heterocycles. The summed E-state index contributed by atoms with van der Waals surface area (Å²) in [5.41, 5.74) is 0. The second-order valence-electron chi connectivity index (χ2n) is 20.7. The molecule has 0 rings (SSSR count). The molecule has 6 nitrogen and oxygen atoms in total. The van der Waals surface area contributed by atoms with Crippen molar-refractivity contribution >= 4 is 11.9 Å². The van der Waals surface area contributed by atoms with Gasteiger partial charge in [0.25, 0.3) is 0 Å². The largest absolute Gasteiger partial charge is 0.466 e. The number of aliphatic hydroxyl groups is 2. The lowest BCUT2D eigenvalue weighted by Gasteiger charge is -2.20. The van der Waals surface area contributed by atoms with Crippen molar-refractivity contribution in [3.8, 4) is 0 Å². The van der Waals surface area contributed by atoms with Gasteiger partial charge in [0.05, 0.1) is 25.4 Å². The number of hydrogen-bond acceptors (Lipinski definition) is 5. The molecule has 400 valence electrons. The number of carbonyl (C=O) groups is 2. The van der Waals surface area contributed by atoms with Crippen molar-refractivity contribution in [2.75, 3.05) is 13.2 Å². The Morgan fingerprint density at radius 3 is 1.12 bits per heavy atom. The van der Waals surface area contributed by atoms with E-state index in [1.54, 1.807) is 6.08 Å². The SMILES string of the molecule is CCCCCCCCC/C=C/C(O)C(CO)NC(=O)CCCCCCCCCCCCCCCCC/C=C\C/C=C\CCCCCCCCCCCOC(=O)CCCCCCCCCCCCC. The van der Waals surface area contributed by atoms with E-state index < -0.39 is 12.1 Å². The van der Waals surface area contributed by atoms with Crippen LogP contribution < -0.4 is 5.32 Å². The maximum absolute atomic E-state index is 12.4. The molecule has 0 aromatic rings. The number of esters is 1. The zero-order valence-electron chi connectivity index (χ0n) is 45.6. The van der Waals surface area contributed by atoms with E-state index in [4.69, 9.17) is 4.74 Å². The zero-order valence-corrected chi connectivity index (χ0v) is 45.6. The van der Waals surface area contributed by atoms with Crippen LogP contribution in [-0.2, 0) is 14.3 Å². The summed E-state index contributed by atoms with van der Waals surface area (Å²) in [6, 6.07) is -0.625. The molecular formula is C62H117NO5. The highest BCUT2D eigenvalue weighted by atomic mass is 16.5. The Hall–Kier alpha value is -1.92. The van der Waals surface area contributed by atoms with Gasteiger partial charge in [0.2, 0.25) is 5.91 Å². The summed E-state index contributed by atoms with van der Waals surface area (Å²) < 4.78 is 5.46. The van der Waals surface area contributed by atoms with Crippen molar-refractivity contribution in [2.45, 2.75) is 334 Å². The van der Waals surface area contributed by atoms with Crippen LogP contribution in [0.2, 0.25) is 0 Å². The second kappa shape index (κ2) is 57.7. The molecule has 0 aromatic carbocycles. The standard InChI is InChI=1S/C62H117NO5/c1-3-5-7-9-11-13-35-40-44-48-52-56-62(67)68-57-53-49-45-41-37-34-32-30-28-26-24-22-20-18-16-14-15-17-19-21-23-25-27-29-31-33-36-39-43-47-51-55-61(66)63-59(58-64)60(65)54-50-46-42-38-12-10-8-6-4-2/h16,18,22,24,50,54,59-60,64-65H,3-15,17,19-21,23,25-49,51-53,55-58H2,1-2H3,(H,63,66)/b18-16-,24-22-,54-50+. The number of aliphatic hydroxyl groups excluding tert-OH is 2. The van der Waals surface area contributed by atoms with Gasteiger partial charge in [0, 0.05) is 12.8 Å². The minimum atomic E-state index is -0.841. The molecule has 2 unspecified atom stereocenters. The molecule has 0 bridgehead atoms. The lowest BCUT2D eigenvalue weighted by Crippen LogP contribution is -2.45. The average molecular weight is 957 g/mol. The van der Waals surface area contributed by atoms with Gasteiger partial charge in [-0.2, -0.15) is 0 Å². The summed E-state index contributed by atoms with van der Waals surface area (Å²) in [5.74, 6) is -0.0574. The number of unbranched alkanes of at least 4 members (excludes halogenated alkanes) is 41. The molecule has 0 aliphatic rings. The van der Waals surface area contributed by atoms with Crippen molar-refractivity contribution in [1.82, 2.24) is 5.32 Å². The van der Waals surface area contributed by atoms with Crippen LogP contribution in [0.4, 0.5) is 0 Å². The van der Waals surface area contributed by atoms with Crippen LogP contribution in [0.5, 0.6) is 0 Å². The molecule has 1 amide bonds. The summed E-state index contributed by atoms with van der Waals surface area (Å²) in [5, 5.41) is 22.9. The summed E-state index contributed by atoms with van der Waals surface area (Å²) in [4.78, 5) is 24.4. The van der Waals surface area contributed by atoms with E-state index in [9.17, 15) is 19.8 Å². The fourth-order valence-corrected chi connectivity index (χ4v) is 9.25. The average Bonchev–Trinajstić information content (AvgIpc) is 3.34. The summed E-state index contributed by atoms with van der Waals surface area (Å²) >= 11 is 0. The number of allylic oxidation sites excluding steroid dienone is 5. The Bertz CT molecular complexity index is 1100. The lowest BCUT2D eigenvalue weighted by atomic mass is 10.0. The molecule has 0 aliphatic carbocycles. The highest BCUT2D eigenvalue weighted by molar-refractivity contribution is 5.76. The number of ether oxygens (including phenoxy) is 1. The molecule has 68 heavy (non-hydrogen) atoms. The fourth-order valence-electron chi connectivity index (χ4n) is 9.25. The molecule has 3 N–H and O–H groups in total. The zero-order chi connectivity index (χ0) is 49.3. The van der Waals surface area contributed by atoms with Crippen molar-refractivity contribution in [2.24, 2.45) is 0 Å². The quantitative estimate of drug-likeness (QED) is 0.0321. The van der Waals surface area contributed by atoms with Gasteiger partial charge in [-0.1, -0.05) is 281 Å². The van der Waals surface area contributed by atoms with E-state index in [-0.39, 0.29) is 18.5 Å². The van der Waals surface area contributed by atoms with E-state index in [0.29, 0.717) is 19.4 Å². The van der Waals surface area contributed by atoms with Gasteiger partial charge in [-0.15, -0.1) is 0 Å². The summed E-state index contributed by atoms with van der Waals surface area (Å²) in [6.07, 6.45) is 72.0. The van der Waals surface area contributed by atoms with Gasteiger partial charge in [-0.25, -0.2) is 0 Å². The van der Waals surface area contributed by atoms with E-state index in [0.717, 1.165) is 44.9 Å². The minimum absolute atomic E-state index is 0.0123. The van der Waals surface area contributed by atoms with Gasteiger partial charge in [-0.3, -0.25) is 9.59 Å². The van der Waals surface area contributed by atoms with Crippen LogP contribution >= 0.6 is 0 Å². The minimum Gasteiger partial charge on any atom is -0.466 e. The Balaban J connectivity index is 3.38. The van der Waals surface area contributed by atoms with Crippen molar-refractivity contribution in [3.05, 3.63) is 36.5 Å². The number of nitrogens with one attached hydrogen (secondary N) is 1. The number of rotatable bonds is 56. The van der Waals surface area contributed by atoms with E-state index in [1.807, 2.05) is 6.08 Å². The number of amides is 1. The monoisotopic (exact) mass is 956 g/mol. The van der Waals surface area contributed by atoms with E-state index >= 15 is 0 Å². The van der Waals surface area contributed by atoms with Crippen LogP contribution in [0.3, 0.4) is 0 Å². The molecule has 0 spiro atoms. The highest BCUT2D eigenvalue weighted by Gasteiger charge is 2.18. The smallest absolute Gasteiger partial charge is 0.305 e. The molecular weight excluding hydrogens is 839 g/mol. The van der Waals surface area contributed by atoms with Crippen LogP contribution in [-0.4, -0.2) is 47.4 Å². The number of hydrogen-bond donors (Lipinski definition) is 3. The van der Waals surface area contributed by atoms with Gasteiger partial charge < -0.3 is 20.3 Å². The third-order valence-corrected chi connectivity index (χ3v) is 13.9. The van der Waals surface area contributed by atoms with Crippen LogP contribution in [0.15, 0.2) is 36.5 Å². The van der Waals surface area contributed by atoms with E-state index in [1.165, 1.54) is 250 Å². The van der Waals surface area contributed by atoms with Crippen molar-refractivity contribution < 1.29 is 24.5 Å². The Kier molecular flexibility index (Phi) is 56.0. The Labute approximate surface area is 424 Å². The molecule has 0 heterocycles. The first-order valence-electron chi connectivity index (χ1n) is 30.3. The van der Waals surface area contributed by atoms with Crippen molar-refractivity contribution in [3.63, 3.8) is 0 Å². The molecule has 0 radical (unpaired) electrons. The van der Waals surface area contributed by atoms with Gasteiger partial charge >= 0.3 is 5.97 Å². The van der Waals surface area contributed by atoms with E-state index in [2.05, 4.69) is 43.5 Å². The third kappa shape index (κ3) is 53.4. The molecule has 0 aliphatic heterocycles. The first-order chi connectivity index (χ1) is 33.5. The number of carbonyl (C=O) groups excluding carboxylic acids is 2. The Morgan fingerprint density at radius 2 is 0.735 bits per heavy atom. The van der Waals surface area contributed by atoms with Gasteiger partial charge in [0.15, 0.2) is 0 Å². The van der Waals surface area contributed by atoms with Crippen molar-refractivity contribution in [1.29, 1.82) is 0 Å². The van der Waals surface area contributed by atoms with Gasteiger partial charge in [-0.05, 0) is 64.2 Å². The maximum atomic E-state index is 12.4. The molecule has 0 fully saturated rings. The van der Waals surface area contributed by atoms with Crippen LogP contribution in [0.25, 0.3) is 0 Å². The highest BCUT2D eigenvalue weighted by Crippen LogP contribution is 2.17. The fraction of sp³-hybridized carbons (Fsp3) is 0.871. The van der Waals surface area contributed by atoms with Crippen LogP contribution in [0, 0.1) is 0 Å².